The van der Waals surface area contributed by atoms with Gasteiger partial charge in [0.2, 0.25) is 0 Å². The minimum absolute atomic E-state index is 0.125. The van der Waals surface area contributed by atoms with Gasteiger partial charge in [-0.1, -0.05) is 6.07 Å². The second-order valence-corrected chi connectivity index (χ2v) is 6.13. The number of anilines is 1. The SMILES string of the molecule is CN(c1cccc(C#N)c1)C1CCN(C(=O)c2ccc(O)c(F)c2)C1. The highest BCUT2D eigenvalue weighted by atomic mass is 19.1. The number of hydrogen-bond donors (Lipinski definition) is 1. The number of rotatable bonds is 3. The quantitative estimate of drug-likeness (QED) is 0.934. The summed E-state index contributed by atoms with van der Waals surface area (Å²) in [4.78, 5) is 16.3. The van der Waals surface area contributed by atoms with Crippen LogP contribution >= 0.6 is 0 Å². The van der Waals surface area contributed by atoms with Crippen LogP contribution in [0.3, 0.4) is 0 Å². The zero-order chi connectivity index (χ0) is 18.0. The van der Waals surface area contributed by atoms with Crippen molar-refractivity contribution in [2.45, 2.75) is 12.5 Å². The van der Waals surface area contributed by atoms with Gasteiger partial charge in [-0.25, -0.2) is 4.39 Å². The minimum Gasteiger partial charge on any atom is -0.505 e. The van der Waals surface area contributed by atoms with Crippen LogP contribution in [-0.4, -0.2) is 42.1 Å². The largest absolute Gasteiger partial charge is 0.505 e. The third kappa shape index (κ3) is 3.41. The van der Waals surface area contributed by atoms with Crippen LogP contribution in [-0.2, 0) is 0 Å². The van der Waals surface area contributed by atoms with E-state index in [9.17, 15) is 14.3 Å². The topological polar surface area (TPSA) is 67.6 Å². The number of amides is 1. The summed E-state index contributed by atoms with van der Waals surface area (Å²) in [6.45, 7) is 1.10. The summed E-state index contributed by atoms with van der Waals surface area (Å²) < 4.78 is 13.5. The first-order valence-electron chi connectivity index (χ1n) is 8.00. The number of nitriles is 1. The van der Waals surface area contributed by atoms with E-state index in [4.69, 9.17) is 5.26 Å². The van der Waals surface area contributed by atoms with Crippen molar-refractivity contribution in [1.29, 1.82) is 5.26 Å². The van der Waals surface area contributed by atoms with Gasteiger partial charge in [0.25, 0.3) is 5.91 Å². The first-order chi connectivity index (χ1) is 12.0. The lowest BCUT2D eigenvalue weighted by Crippen LogP contribution is -2.36. The molecule has 0 spiro atoms. The zero-order valence-corrected chi connectivity index (χ0v) is 13.8. The Labute approximate surface area is 145 Å². The molecular formula is C19H18FN3O2. The summed E-state index contributed by atoms with van der Waals surface area (Å²) in [5, 5.41) is 18.3. The Morgan fingerprint density at radius 3 is 2.88 bits per heavy atom. The molecule has 5 nitrogen and oxygen atoms in total. The highest BCUT2D eigenvalue weighted by Gasteiger charge is 2.30. The van der Waals surface area contributed by atoms with Crippen molar-refractivity contribution in [3.63, 3.8) is 0 Å². The van der Waals surface area contributed by atoms with E-state index < -0.39 is 11.6 Å². The average molecular weight is 339 g/mol. The maximum atomic E-state index is 13.5. The van der Waals surface area contributed by atoms with Crippen molar-refractivity contribution in [3.05, 3.63) is 59.4 Å². The van der Waals surface area contributed by atoms with Crippen LogP contribution in [0.2, 0.25) is 0 Å². The van der Waals surface area contributed by atoms with Gasteiger partial charge in [-0.3, -0.25) is 4.79 Å². The Morgan fingerprint density at radius 1 is 1.36 bits per heavy atom. The van der Waals surface area contributed by atoms with Crippen LogP contribution in [0.4, 0.5) is 10.1 Å². The number of hydrogen-bond acceptors (Lipinski definition) is 4. The van der Waals surface area contributed by atoms with Gasteiger partial charge in [0.1, 0.15) is 0 Å². The maximum absolute atomic E-state index is 13.5. The number of carbonyl (C=O) groups excluding carboxylic acids is 1. The Kier molecular flexibility index (Phi) is 4.57. The molecule has 1 amide bonds. The van der Waals surface area contributed by atoms with Crippen molar-refractivity contribution in [2.24, 2.45) is 0 Å². The van der Waals surface area contributed by atoms with Crippen LogP contribution in [0.25, 0.3) is 0 Å². The summed E-state index contributed by atoms with van der Waals surface area (Å²) in [7, 11) is 1.94. The first kappa shape index (κ1) is 16.8. The van der Waals surface area contributed by atoms with Gasteiger partial charge in [-0.2, -0.15) is 5.26 Å². The average Bonchev–Trinajstić information content (AvgIpc) is 3.13. The molecule has 1 atom stereocenters. The van der Waals surface area contributed by atoms with E-state index in [1.165, 1.54) is 12.1 Å². The summed E-state index contributed by atoms with van der Waals surface area (Å²) in [6, 6.07) is 13.3. The second kappa shape index (κ2) is 6.81. The number of likely N-dealkylation sites (N-methyl/N-ethyl adjacent to an activating group) is 1. The molecule has 1 saturated heterocycles. The number of phenolic OH excluding ortho intramolecular Hbond substituents is 1. The normalized spacial score (nSPS) is 16.5. The van der Waals surface area contributed by atoms with E-state index in [1.54, 1.807) is 11.0 Å². The Morgan fingerprint density at radius 2 is 2.16 bits per heavy atom. The monoisotopic (exact) mass is 339 g/mol. The predicted molar refractivity (Wildman–Crippen MR) is 91.9 cm³/mol. The summed E-state index contributed by atoms with van der Waals surface area (Å²) >= 11 is 0. The number of nitrogens with zero attached hydrogens (tertiary/aromatic N) is 3. The minimum atomic E-state index is -0.799. The van der Waals surface area contributed by atoms with E-state index in [2.05, 4.69) is 11.0 Å². The molecule has 1 heterocycles. The molecule has 3 rings (SSSR count). The van der Waals surface area contributed by atoms with Gasteiger partial charge in [0, 0.05) is 37.4 Å². The number of phenols is 1. The summed E-state index contributed by atoms with van der Waals surface area (Å²) in [6.07, 6.45) is 0.791. The smallest absolute Gasteiger partial charge is 0.254 e. The lowest BCUT2D eigenvalue weighted by atomic mass is 10.1. The molecule has 6 heteroatoms. The summed E-state index contributed by atoms with van der Waals surface area (Å²) in [5.74, 6) is -1.51. The van der Waals surface area contributed by atoms with Crippen LogP contribution in [0, 0.1) is 17.1 Å². The van der Waals surface area contributed by atoms with Gasteiger partial charge in [0.15, 0.2) is 11.6 Å². The molecule has 2 aromatic rings. The van der Waals surface area contributed by atoms with Crippen LogP contribution in [0.5, 0.6) is 5.75 Å². The third-order valence-corrected chi connectivity index (χ3v) is 4.58. The molecule has 0 radical (unpaired) electrons. The van der Waals surface area contributed by atoms with E-state index in [-0.39, 0.29) is 17.5 Å². The van der Waals surface area contributed by atoms with Crippen LogP contribution < -0.4 is 4.90 Å². The highest BCUT2D eigenvalue weighted by molar-refractivity contribution is 5.94. The molecule has 1 N–H and O–H groups in total. The Hall–Kier alpha value is -3.07. The van der Waals surface area contributed by atoms with E-state index in [0.717, 1.165) is 18.2 Å². The molecular weight excluding hydrogens is 321 g/mol. The van der Waals surface area contributed by atoms with Gasteiger partial charge >= 0.3 is 0 Å². The second-order valence-electron chi connectivity index (χ2n) is 6.13. The number of aromatic hydroxyl groups is 1. The maximum Gasteiger partial charge on any atom is 0.254 e. The fraction of sp³-hybridized carbons (Fsp3) is 0.263. The summed E-state index contributed by atoms with van der Waals surface area (Å²) in [5.41, 5.74) is 1.74. The zero-order valence-electron chi connectivity index (χ0n) is 13.8. The van der Waals surface area contributed by atoms with Gasteiger partial charge in [0.05, 0.1) is 11.6 Å². The Bertz CT molecular complexity index is 847. The molecule has 1 aliphatic heterocycles. The molecule has 0 bridgehead atoms. The number of carbonyl (C=O) groups is 1. The van der Waals surface area contributed by atoms with Crippen molar-refractivity contribution in [2.75, 3.05) is 25.0 Å². The predicted octanol–water partition coefficient (Wildman–Crippen LogP) is 2.75. The molecule has 2 aromatic carbocycles. The lowest BCUT2D eigenvalue weighted by molar-refractivity contribution is 0.0790. The van der Waals surface area contributed by atoms with Crippen molar-refractivity contribution >= 4 is 11.6 Å². The van der Waals surface area contributed by atoms with E-state index in [1.807, 2.05) is 25.2 Å². The van der Waals surface area contributed by atoms with E-state index >= 15 is 0 Å². The number of benzene rings is 2. The molecule has 1 unspecified atom stereocenters. The van der Waals surface area contributed by atoms with Crippen LogP contribution in [0.15, 0.2) is 42.5 Å². The van der Waals surface area contributed by atoms with Crippen molar-refractivity contribution < 1.29 is 14.3 Å². The number of halogens is 1. The highest BCUT2D eigenvalue weighted by Crippen LogP contribution is 2.24. The van der Waals surface area contributed by atoms with Gasteiger partial charge < -0.3 is 14.9 Å². The standard InChI is InChI=1S/C19H18FN3O2/c1-22(15-4-2-3-13(9-15)11-21)16-7-8-23(12-16)19(25)14-5-6-18(24)17(20)10-14/h2-6,9-10,16,24H,7-8,12H2,1H3. The fourth-order valence-electron chi connectivity index (χ4n) is 3.07. The Balaban J connectivity index is 1.71. The van der Waals surface area contributed by atoms with E-state index in [0.29, 0.717) is 18.7 Å². The van der Waals surface area contributed by atoms with Gasteiger partial charge in [-0.05, 0) is 42.8 Å². The van der Waals surface area contributed by atoms with Gasteiger partial charge in [-0.15, -0.1) is 0 Å². The molecule has 0 aliphatic carbocycles. The first-order valence-corrected chi connectivity index (χ1v) is 8.00. The third-order valence-electron chi connectivity index (χ3n) is 4.58. The molecule has 128 valence electrons. The van der Waals surface area contributed by atoms with Crippen molar-refractivity contribution in [3.8, 4) is 11.8 Å². The number of likely N-dealkylation sites (tertiary alicyclic amines) is 1. The van der Waals surface area contributed by atoms with Crippen LogP contribution in [0.1, 0.15) is 22.3 Å². The molecule has 1 aliphatic rings. The lowest BCUT2D eigenvalue weighted by Gasteiger charge is -2.27. The molecule has 25 heavy (non-hydrogen) atoms. The molecule has 0 saturated carbocycles. The molecule has 1 fully saturated rings. The van der Waals surface area contributed by atoms with Crippen molar-refractivity contribution in [1.82, 2.24) is 4.90 Å². The fourth-order valence-corrected chi connectivity index (χ4v) is 3.07. The molecule has 0 aromatic heterocycles.